The van der Waals surface area contributed by atoms with Gasteiger partial charge in [0.05, 0.1) is 5.92 Å². The molecule has 0 radical (unpaired) electrons. The summed E-state index contributed by atoms with van der Waals surface area (Å²) in [7, 11) is 0. The molecule has 21 heavy (non-hydrogen) atoms. The largest absolute Gasteiger partial charge is 0.481 e. The molecule has 1 aliphatic carbocycles. The minimum atomic E-state index is -0.632. The molecule has 0 amide bonds. The van der Waals surface area contributed by atoms with Crippen molar-refractivity contribution in [1.82, 2.24) is 0 Å². The highest BCUT2D eigenvalue weighted by molar-refractivity contribution is 5.71. The van der Waals surface area contributed by atoms with E-state index >= 15 is 0 Å². The van der Waals surface area contributed by atoms with E-state index in [4.69, 9.17) is 0 Å². The molecule has 116 valence electrons. The number of carbonyl (C=O) groups is 1. The first-order valence-electron chi connectivity index (χ1n) is 8.00. The predicted molar refractivity (Wildman–Crippen MR) is 86.6 cm³/mol. The van der Waals surface area contributed by atoms with Gasteiger partial charge in [-0.15, -0.1) is 0 Å². The Kier molecular flexibility index (Phi) is 4.46. The molecular weight excluding hydrogens is 260 g/mol. The summed E-state index contributed by atoms with van der Waals surface area (Å²) in [5.41, 5.74) is 3.97. The summed E-state index contributed by atoms with van der Waals surface area (Å²) in [5, 5.41) is 9.60. The lowest BCUT2D eigenvalue weighted by Gasteiger charge is -2.41. The quantitative estimate of drug-likeness (QED) is 0.837. The lowest BCUT2D eigenvalue weighted by molar-refractivity contribution is -0.144. The molecule has 1 aliphatic rings. The molecule has 1 N–H and O–H groups in total. The van der Waals surface area contributed by atoms with Gasteiger partial charge in [0.1, 0.15) is 0 Å². The zero-order chi connectivity index (χ0) is 15.8. The summed E-state index contributed by atoms with van der Waals surface area (Å²) in [6.07, 6.45) is 2.82. The fraction of sp³-hybridized carbons (Fsp3) is 0.632. The number of carboxylic acids is 1. The summed E-state index contributed by atoms with van der Waals surface area (Å²) >= 11 is 0. The van der Waals surface area contributed by atoms with Gasteiger partial charge >= 0.3 is 5.97 Å². The predicted octanol–water partition coefficient (Wildman–Crippen LogP) is 4.93. The van der Waals surface area contributed by atoms with Crippen molar-refractivity contribution in [2.75, 3.05) is 0 Å². The van der Waals surface area contributed by atoms with E-state index < -0.39 is 5.97 Å². The number of carboxylic acid groups (broad SMARTS) is 1. The monoisotopic (exact) mass is 288 g/mol. The van der Waals surface area contributed by atoms with Crippen LogP contribution in [-0.4, -0.2) is 11.1 Å². The number of hydrogen-bond acceptors (Lipinski definition) is 1. The number of aryl methyl sites for hydroxylation is 2. The summed E-state index contributed by atoms with van der Waals surface area (Å²) in [5.74, 6) is -0.114. The molecule has 2 rings (SSSR count). The lowest BCUT2D eigenvalue weighted by atomic mass is 9.63. The van der Waals surface area contributed by atoms with Gasteiger partial charge in [-0.1, -0.05) is 44.5 Å². The first-order valence-corrected chi connectivity index (χ1v) is 8.00. The number of rotatable bonds is 2. The molecule has 1 aromatic carbocycles. The summed E-state index contributed by atoms with van der Waals surface area (Å²) in [6.45, 7) is 11.0. The van der Waals surface area contributed by atoms with Crippen LogP contribution in [0.4, 0.5) is 0 Å². The fourth-order valence-corrected chi connectivity index (χ4v) is 3.84. The molecule has 1 aromatic rings. The third-order valence-electron chi connectivity index (χ3n) is 5.22. The van der Waals surface area contributed by atoms with Crippen LogP contribution in [0.25, 0.3) is 0 Å². The second-order valence-corrected chi connectivity index (χ2v) is 7.79. The molecule has 0 heterocycles. The highest BCUT2D eigenvalue weighted by Gasteiger charge is 2.40. The second kappa shape index (κ2) is 5.82. The second-order valence-electron chi connectivity index (χ2n) is 7.79. The first-order chi connectivity index (χ1) is 9.70. The summed E-state index contributed by atoms with van der Waals surface area (Å²) in [4.78, 5) is 11.7. The molecular formula is C19H28O2. The van der Waals surface area contributed by atoms with Crippen molar-refractivity contribution in [3.63, 3.8) is 0 Å². The van der Waals surface area contributed by atoms with Crippen LogP contribution in [0.15, 0.2) is 18.2 Å². The van der Waals surface area contributed by atoms with Crippen molar-refractivity contribution in [3.05, 3.63) is 34.9 Å². The molecule has 0 bridgehead atoms. The van der Waals surface area contributed by atoms with E-state index in [9.17, 15) is 9.90 Å². The van der Waals surface area contributed by atoms with E-state index in [1.165, 1.54) is 16.7 Å². The van der Waals surface area contributed by atoms with Gasteiger partial charge in [0, 0.05) is 0 Å². The van der Waals surface area contributed by atoms with Gasteiger partial charge in [0.25, 0.3) is 0 Å². The van der Waals surface area contributed by atoms with Crippen molar-refractivity contribution in [2.24, 2.45) is 17.3 Å². The molecule has 0 spiro atoms. The normalized spacial score (nSPS) is 26.6. The number of benzene rings is 1. The Morgan fingerprint density at radius 3 is 2.38 bits per heavy atom. The van der Waals surface area contributed by atoms with Gasteiger partial charge in [0.2, 0.25) is 0 Å². The third-order valence-corrected chi connectivity index (χ3v) is 5.22. The third kappa shape index (κ3) is 3.48. The zero-order valence-corrected chi connectivity index (χ0v) is 13.9. The molecule has 0 aliphatic heterocycles. The lowest BCUT2D eigenvalue weighted by Crippen LogP contribution is -2.34. The maximum Gasteiger partial charge on any atom is 0.307 e. The van der Waals surface area contributed by atoms with Gasteiger partial charge in [-0.3, -0.25) is 4.79 Å². The van der Waals surface area contributed by atoms with Gasteiger partial charge in [-0.2, -0.15) is 0 Å². The fourth-order valence-electron chi connectivity index (χ4n) is 3.84. The van der Waals surface area contributed by atoms with Crippen LogP contribution in [0, 0.1) is 31.1 Å². The average Bonchev–Trinajstić information content (AvgIpc) is 2.37. The van der Waals surface area contributed by atoms with Crippen molar-refractivity contribution in [1.29, 1.82) is 0 Å². The highest BCUT2D eigenvalue weighted by atomic mass is 16.4. The first kappa shape index (κ1) is 16.1. The van der Waals surface area contributed by atoms with Crippen molar-refractivity contribution in [3.8, 4) is 0 Å². The Morgan fingerprint density at radius 1 is 1.19 bits per heavy atom. The molecule has 0 aromatic heterocycles. The van der Waals surface area contributed by atoms with Gasteiger partial charge in [-0.05, 0) is 61.5 Å². The molecule has 3 unspecified atom stereocenters. The minimum Gasteiger partial charge on any atom is -0.481 e. The Morgan fingerprint density at radius 2 is 1.86 bits per heavy atom. The topological polar surface area (TPSA) is 37.3 Å². The molecule has 1 saturated carbocycles. The molecule has 1 fully saturated rings. The minimum absolute atomic E-state index is 0.154. The zero-order valence-electron chi connectivity index (χ0n) is 13.9. The average molecular weight is 288 g/mol. The van der Waals surface area contributed by atoms with E-state index in [0.717, 1.165) is 19.3 Å². The Bertz CT molecular complexity index is 525. The molecule has 2 nitrogen and oxygen atoms in total. The summed E-state index contributed by atoms with van der Waals surface area (Å²) in [6, 6.07) is 6.44. The van der Waals surface area contributed by atoms with Crippen LogP contribution < -0.4 is 0 Å². The summed E-state index contributed by atoms with van der Waals surface area (Å²) < 4.78 is 0. The SMILES string of the molecule is Cc1ccc(C2CC(C(C)(C)C)CCC2C(=O)O)c(C)c1. The van der Waals surface area contributed by atoms with Crippen LogP contribution in [0.2, 0.25) is 0 Å². The van der Waals surface area contributed by atoms with E-state index in [-0.39, 0.29) is 17.3 Å². The maximum absolute atomic E-state index is 11.7. The van der Waals surface area contributed by atoms with Gasteiger partial charge < -0.3 is 5.11 Å². The Hall–Kier alpha value is -1.31. The van der Waals surface area contributed by atoms with Crippen LogP contribution in [-0.2, 0) is 4.79 Å². The molecule has 3 atom stereocenters. The van der Waals surface area contributed by atoms with Gasteiger partial charge in [0.15, 0.2) is 0 Å². The molecule has 2 heteroatoms. The van der Waals surface area contributed by atoms with E-state index in [2.05, 4.69) is 52.8 Å². The van der Waals surface area contributed by atoms with Crippen molar-refractivity contribution in [2.45, 2.75) is 59.8 Å². The van der Waals surface area contributed by atoms with Crippen molar-refractivity contribution >= 4 is 5.97 Å². The highest BCUT2D eigenvalue weighted by Crippen LogP contribution is 2.47. The van der Waals surface area contributed by atoms with Crippen LogP contribution in [0.1, 0.15) is 62.6 Å². The Balaban J connectivity index is 2.36. The number of aliphatic carboxylic acids is 1. The van der Waals surface area contributed by atoms with Crippen LogP contribution in [0.5, 0.6) is 0 Å². The molecule has 0 saturated heterocycles. The van der Waals surface area contributed by atoms with E-state index in [1.807, 2.05) is 0 Å². The smallest absolute Gasteiger partial charge is 0.307 e. The van der Waals surface area contributed by atoms with E-state index in [1.54, 1.807) is 0 Å². The van der Waals surface area contributed by atoms with Crippen molar-refractivity contribution < 1.29 is 9.90 Å². The van der Waals surface area contributed by atoms with Crippen LogP contribution >= 0.6 is 0 Å². The number of hydrogen-bond donors (Lipinski definition) is 1. The van der Waals surface area contributed by atoms with E-state index in [0.29, 0.717) is 5.92 Å². The van der Waals surface area contributed by atoms with Gasteiger partial charge in [-0.25, -0.2) is 0 Å². The van der Waals surface area contributed by atoms with Crippen LogP contribution in [0.3, 0.4) is 0 Å². The maximum atomic E-state index is 11.7. The Labute approximate surface area is 128 Å². The standard InChI is InChI=1S/C19H28O2/c1-12-6-8-15(13(2)10-12)17-11-14(19(3,4)5)7-9-16(17)18(20)21/h6,8,10,14,16-17H,7,9,11H2,1-5H3,(H,20,21).